The van der Waals surface area contributed by atoms with Crippen LogP contribution in [0.4, 0.5) is 23.7 Å². The molecule has 3 aromatic rings. The Hall–Kier alpha value is -3.94. The zero-order chi connectivity index (χ0) is 21.5. The lowest BCUT2D eigenvalue weighted by Gasteiger charge is -2.27. The summed E-state index contributed by atoms with van der Waals surface area (Å²) >= 11 is 0. The number of anilines is 1. The van der Waals surface area contributed by atoms with Crippen LogP contribution in [0.25, 0.3) is 16.8 Å². The van der Waals surface area contributed by atoms with Crippen molar-refractivity contribution in [3.05, 3.63) is 83.4 Å². The number of benzene rings is 3. The number of imide groups is 2. The third-order valence-electron chi connectivity index (χ3n) is 4.66. The largest absolute Gasteiger partial charge is 0.416 e. The van der Waals surface area contributed by atoms with Gasteiger partial charge in [0.2, 0.25) is 0 Å². The monoisotopic (exact) mass is 410 g/mol. The number of fused-ring (bicyclic) bond motifs is 1. The molecule has 3 aromatic carbocycles. The van der Waals surface area contributed by atoms with Crippen molar-refractivity contribution in [3.63, 3.8) is 0 Å². The van der Waals surface area contributed by atoms with Crippen molar-refractivity contribution in [2.24, 2.45) is 0 Å². The van der Waals surface area contributed by atoms with E-state index < -0.39 is 29.6 Å². The summed E-state index contributed by atoms with van der Waals surface area (Å²) in [6, 6.07) is 15.3. The fourth-order valence-corrected chi connectivity index (χ4v) is 3.25. The summed E-state index contributed by atoms with van der Waals surface area (Å²) in [5.41, 5.74) is -1.10. The maximum absolute atomic E-state index is 13.0. The van der Waals surface area contributed by atoms with E-state index in [1.54, 1.807) is 18.2 Å². The number of carbonyl (C=O) groups is 3. The van der Waals surface area contributed by atoms with Crippen LogP contribution < -0.4 is 10.2 Å². The van der Waals surface area contributed by atoms with Crippen LogP contribution in [0.1, 0.15) is 11.1 Å². The first-order valence-corrected chi connectivity index (χ1v) is 8.82. The van der Waals surface area contributed by atoms with Gasteiger partial charge in [-0.25, -0.2) is 9.69 Å². The molecule has 8 heteroatoms. The van der Waals surface area contributed by atoms with Gasteiger partial charge in [0.05, 0.1) is 11.3 Å². The molecule has 150 valence electrons. The lowest BCUT2D eigenvalue weighted by atomic mass is 10.0. The highest BCUT2D eigenvalue weighted by Gasteiger charge is 2.38. The number of alkyl halides is 3. The summed E-state index contributed by atoms with van der Waals surface area (Å²) < 4.78 is 39.1. The predicted octanol–water partition coefficient (Wildman–Crippen LogP) is 4.53. The summed E-state index contributed by atoms with van der Waals surface area (Å²) in [5, 5.41) is 3.66. The summed E-state index contributed by atoms with van der Waals surface area (Å²) in [7, 11) is 0. The van der Waals surface area contributed by atoms with E-state index in [4.69, 9.17) is 0 Å². The topological polar surface area (TPSA) is 66.5 Å². The SMILES string of the molecule is O=C1NC(=O)N(c2cccc(C(F)(F)F)c2)C(=O)/C1=C/c1cccc2ccccc12. The fourth-order valence-electron chi connectivity index (χ4n) is 3.25. The molecule has 4 amide bonds. The molecule has 0 atom stereocenters. The fraction of sp³-hybridized carbons (Fsp3) is 0.0455. The van der Waals surface area contributed by atoms with Gasteiger partial charge in [0, 0.05) is 0 Å². The molecule has 0 aliphatic carbocycles. The Balaban J connectivity index is 1.79. The molecule has 1 heterocycles. The second-order valence-electron chi connectivity index (χ2n) is 6.57. The zero-order valence-corrected chi connectivity index (χ0v) is 15.2. The van der Waals surface area contributed by atoms with Gasteiger partial charge in [-0.05, 0) is 40.6 Å². The number of barbiturate groups is 1. The van der Waals surface area contributed by atoms with Crippen LogP contribution >= 0.6 is 0 Å². The highest BCUT2D eigenvalue weighted by molar-refractivity contribution is 6.39. The lowest BCUT2D eigenvalue weighted by molar-refractivity contribution is -0.137. The summed E-state index contributed by atoms with van der Waals surface area (Å²) in [6.07, 6.45) is -3.32. The van der Waals surface area contributed by atoms with E-state index in [2.05, 4.69) is 0 Å². The quantitative estimate of drug-likeness (QED) is 0.499. The van der Waals surface area contributed by atoms with Gasteiger partial charge in [-0.1, -0.05) is 48.5 Å². The first-order chi connectivity index (χ1) is 14.3. The van der Waals surface area contributed by atoms with Crippen molar-refractivity contribution in [2.75, 3.05) is 4.90 Å². The van der Waals surface area contributed by atoms with Crippen molar-refractivity contribution >= 4 is 40.4 Å². The Labute approximate surface area is 168 Å². The van der Waals surface area contributed by atoms with Crippen molar-refractivity contribution in [3.8, 4) is 0 Å². The maximum atomic E-state index is 13.0. The third kappa shape index (κ3) is 3.43. The van der Waals surface area contributed by atoms with Crippen LogP contribution in [0.15, 0.2) is 72.3 Å². The van der Waals surface area contributed by atoms with E-state index in [1.165, 1.54) is 12.1 Å². The standard InChI is InChI=1S/C22H13F3N2O3/c23-22(24,25)15-8-4-9-16(12-15)27-20(29)18(19(28)26-21(27)30)11-14-7-3-6-13-5-1-2-10-17(13)14/h1-12H,(H,26,28,30)/b18-11+. The van der Waals surface area contributed by atoms with Gasteiger partial charge in [0.15, 0.2) is 0 Å². The predicted molar refractivity (Wildman–Crippen MR) is 104 cm³/mol. The molecule has 1 aliphatic heterocycles. The highest BCUT2D eigenvalue weighted by Crippen LogP contribution is 2.33. The average molecular weight is 410 g/mol. The minimum Gasteiger partial charge on any atom is -0.273 e. The van der Waals surface area contributed by atoms with Crippen molar-refractivity contribution < 1.29 is 27.6 Å². The van der Waals surface area contributed by atoms with Crippen LogP contribution in [-0.2, 0) is 15.8 Å². The smallest absolute Gasteiger partial charge is 0.273 e. The molecular weight excluding hydrogens is 397 g/mol. The van der Waals surface area contributed by atoms with E-state index in [1.807, 2.05) is 29.6 Å². The minimum atomic E-state index is -4.65. The van der Waals surface area contributed by atoms with Gasteiger partial charge in [-0.3, -0.25) is 14.9 Å². The molecule has 0 radical (unpaired) electrons. The molecule has 1 saturated heterocycles. The number of rotatable bonds is 2. The number of amides is 4. The minimum absolute atomic E-state index is 0.288. The Morgan fingerprint density at radius 2 is 1.57 bits per heavy atom. The molecule has 1 fully saturated rings. The van der Waals surface area contributed by atoms with E-state index in [9.17, 15) is 27.6 Å². The number of hydrogen-bond acceptors (Lipinski definition) is 3. The highest BCUT2D eigenvalue weighted by atomic mass is 19.4. The van der Waals surface area contributed by atoms with Gasteiger partial charge < -0.3 is 0 Å². The van der Waals surface area contributed by atoms with Gasteiger partial charge >= 0.3 is 12.2 Å². The molecule has 30 heavy (non-hydrogen) atoms. The van der Waals surface area contributed by atoms with Crippen molar-refractivity contribution in [1.29, 1.82) is 0 Å². The molecule has 5 nitrogen and oxygen atoms in total. The number of carbonyl (C=O) groups excluding carboxylic acids is 3. The Bertz CT molecular complexity index is 1230. The van der Waals surface area contributed by atoms with Crippen LogP contribution in [0.2, 0.25) is 0 Å². The van der Waals surface area contributed by atoms with Crippen LogP contribution in [0.5, 0.6) is 0 Å². The summed E-state index contributed by atoms with van der Waals surface area (Å²) in [6.45, 7) is 0. The zero-order valence-electron chi connectivity index (χ0n) is 15.2. The molecule has 4 rings (SSSR count). The van der Waals surface area contributed by atoms with E-state index >= 15 is 0 Å². The Morgan fingerprint density at radius 3 is 2.33 bits per heavy atom. The van der Waals surface area contributed by atoms with E-state index in [0.29, 0.717) is 16.5 Å². The van der Waals surface area contributed by atoms with Gasteiger partial charge in [0.25, 0.3) is 11.8 Å². The maximum Gasteiger partial charge on any atom is 0.416 e. The second-order valence-corrected chi connectivity index (χ2v) is 6.57. The molecule has 0 saturated carbocycles. The number of nitrogens with zero attached hydrogens (tertiary/aromatic N) is 1. The average Bonchev–Trinajstić information content (AvgIpc) is 2.70. The lowest BCUT2D eigenvalue weighted by Crippen LogP contribution is -2.54. The molecule has 0 aromatic heterocycles. The van der Waals surface area contributed by atoms with Crippen LogP contribution in [0, 0.1) is 0 Å². The van der Waals surface area contributed by atoms with Crippen LogP contribution in [-0.4, -0.2) is 17.8 Å². The van der Waals surface area contributed by atoms with Gasteiger partial charge in [0.1, 0.15) is 5.57 Å². The van der Waals surface area contributed by atoms with E-state index in [-0.39, 0.29) is 11.3 Å². The van der Waals surface area contributed by atoms with Gasteiger partial charge in [-0.2, -0.15) is 13.2 Å². The molecule has 1 N–H and O–H groups in total. The van der Waals surface area contributed by atoms with Crippen molar-refractivity contribution in [1.82, 2.24) is 5.32 Å². The molecule has 0 bridgehead atoms. The summed E-state index contributed by atoms with van der Waals surface area (Å²) in [5.74, 6) is -1.92. The number of nitrogens with one attached hydrogen (secondary N) is 1. The Kier molecular flexibility index (Phi) is 4.62. The number of halogens is 3. The normalized spacial score (nSPS) is 16.3. The van der Waals surface area contributed by atoms with Crippen molar-refractivity contribution in [2.45, 2.75) is 6.18 Å². The molecule has 0 spiro atoms. The van der Waals surface area contributed by atoms with Crippen LogP contribution in [0.3, 0.4) is 0 Å². The Morgan fingerprint density at radius 1 is 0.867 bits per heavy atom. The number of urea groups is 1. The molecule has 0 unspecified atom stereocenters. The first kappa shape index (κ1) is 19.4. The number of hydrogen-bond donors (Lipinski definition) is 1. The third-order valence-corrected chi connectivity index (χ3v) is 4.66. The second kappa shape index (κ2) is 7.14. The molecule has 1 aliphatic rings. The van der Waals surface area contributed by atoms with Gasteiger partial charge in [-0.15, -0.1) is 0 Å². The molecular formula is C22H13F3N2O3. The summed E-state index contributed by atoms with van der Waals surface area (Å²) in [4.78, 5) is 38.0. The first-order valence-electron chi connectivity index (χ1n) is 8.82. The van der Waals surface area contributed by atoms with E-state index in [0.717, 1.165) is 22.9 Å².